The number of hydrogen-bond acceptors (Lipinski definition) is 2. The standard InChI is InChI=1S/C12H16N2O2/c1-9(2)7-13-12(16)10-3-5-11(6-4-10)14-8-15/h3-6,8-9H,7H2,1-2H3,(H,13,16)(H,14,15). The van der Waals surface area contributed by atoms with Crippen LogP contribution in [-0.2, 0) is 4.79 Å². The Morgan fingerprint density at radius 2 is 1.94 bits per heavy atom. The first-order chi connectivity index (χ1) is 7.63. The van der Waals surface area contributed by atoms with Gasteiger partial charge in [0.05, 0.1) is 0 Å². The van der Waals surface area contributed by atoms with Gasteiger partial charge in [0.25, 0.3) is 5.91 Å². The van der Waals surface area contributed by atoms with E-state index in [0.717, 1.165) is 0 Å². The first-order valence-corrected chi connectivity index (χ1v) is 5.22. The lowest BCUT2D eigenvalue weighted by Crippen LogP contribution is -2.27. The molecule has 0 unspecified atom stereocenters. The van der Waals surface area contributed by atoms with E-state index in [9.17, 15) is 9.59 Å². The molecule has 0 spiro atoms. The van der Waals surface area contributed by atoms with Gasteiger partial charge >= 0.3 is 0 Å². The van der Waals surface area contributed by atoms with E-state index in [4.69, 9.17) is 0 Å². The molecule has 86 valence electrons. The summed E-state index contributed by atoms with van der Waals surface area (Å²) in [6, 6.07) is 6.75. The molecule has 2 amide bonds. The van der Waals surface area contributed by atoms with E-state index in [1.54, 1.807) is 24.3 Å². The van der Waals surface area contributed by atoms with E-state index in [1.807, 2.05) is 13.8 Å². The fourth-order valence-corrected chi connectivity index (χ4v) is 1.18. The van der Waals surface area contributed by atoms with Crippen LogP contribution >= 0.6 is 0 Å². The Morgan fingerprint density at radius 1 is 1.31 bits per heavy atom. The fourth-order valence-electron chi connectivity index (χ4n) is 1.18. The largest absolute Gasteiger partial charge is 0.352 e. The predicted octanol–water partition coefficient (Wildman–Crippen LogP) is 1.64. The summed E-state index contributed by atoms with van der Waals surface area (Å²) in [7, 11) is 0. The number of carbonyl (C=O) groups is 2. The van der Waals surface area contributed by atoms with Crippen molar-refractivity contribution in [2.24, 2.45) is 5.92 Å². The molecule has 16 heavy (non-hydrogen) atoms. The molecule has 0 fully saturated rings. The molecular formula is C12H16N2O2. The topological polar surface area (TPSA) is 58.2 Å². The average molecular weight is 220 g/mol. The molecule has 0 bridgehead atoms. The molecule has 1 aromatic carbocycles. The van der Waals surface area contributed by atoms with E-state index in [-0.39, 0.29) is 5.91 Å². The van der Waals surface area contributed by atoms with Crippen LogP contribution in [0.1, 0.15) is 24.2 Å². The maximum atomic E-state index is 11.6. The minimum Gasteiger partial charge on any atom is -0.352 e. The van der Waals surface area contributed by atoms with Gasteiger partial charge in [-0.25, -0.2) is 0 Å². The molecule has 4 nitrogen and oxygen atoms in total. The maximum absolute atomic E-state index is 11.6. The van der Waals surface area contributed by atoms with Crippen LogP contribution in [0.15, 0.2) is 24.3 Å². The number of nitrogens with one attached hydrogen (secondary N) is 2. The zero-order valence-electron chi connectivity index (χ0n) is 9.49. The molecule has 0 aliphatic carbocycles. The van der Waals surface area contributed by atoms with Crippen molar-refractivity contribution in [1.82, 2.24) is 5.32 Å². The lowest BCUT2D eigenvalue weighted by molar-refractivity contribution is -0.105. The summed E-state index contributed by atoms with van der Waals surface area (Å²) < 4.78 is 0. The highest BCUT2D eigenvalue weighted by atomic mass is 16.1. The molecule has 1 rings (SSSR count). The van der Waals surface area contributed by atoms with Gasteiger partial charge < -0.3 is 10.6 Å². The molecular weight excluding hydrogens is 204 g/mol. The SMILES string of the molecule is CC(C)CNC(=O)c1ccc(NC=O)cc1. The van der Waals surface area contributed by atoms with Gasteiger partial charge in [0.15, 0.2) is 0 Å². The van der Waals surface area contributed by atoms with Crippen LogP contribution in [0.5, 0.6) is 0 Å². The summed E-state index contributed by atoms with van der Waals surface area (Å²) in [5, 5.41) is 5.33. The predicted molar refractivity (Wildman–Crippen MR) is 63.3 cm³/mol. The molecule has 2 N–H and O–H groups in total. The number of carbonyl (C=O) groups excluding carboxylic acids is 2. The van der Waals surface area contributed by atoms with Crippen LogP contribution in [0.25, 0.3) is 0 Å². The Kier molecular flexibility index (Phi) is 4.51. The minimum absolute atomic E-state index is 0.0913. The highest BCUT2D eigenvalue weighted by Crippen LogP contribution is 2.08. The zero-order chi connectivity index (χ0) is 12.0. The van der Waals surface area contributed by atoms with Crippen LogP contribution in [-0.4, -0.2) is 18.9 Å². The normalized spacial score (nSPS) is 9.94. The highest BCUT2D eigenvalue weighted by molar-refractivity contribution is 5.94. The van der Waals surface area contributed by atoms with Gasteiger partial charge in [-0.15, -0.1) is 0 Å². The van der Waals surface area contributed by atoms with Gasteiger partial charge in [-0.05, 0) is 30.2 Å². The van der Waals surface area contributed by atoms with Crippen molar-refractivity contribution in [3.05, 3.63) is 29.8 Å². The van der Waals surface area contributed by atoms with Crippen molar-refractivity contribution < 1.29 is 9.59 Å². The van der Waals surface area contributed by atoms with Gasteiger partial charge in [-0.3, -0.25) is 9.59 Å². The monoisotopic (exact) mass is 220 g/mol. The molecule has 0 atom stereocenters. The Bertz CT molecular complexity index is 358. The maximum Gasteiger partial charge on any atom is 0.251 e. The summed E-state index contributed by atoms with van der Waals surface area (Å²) in [4.78, 5) is 21.8. The number of hydrogen-bond donors (Lipinski definition) is 2. The minimum atomic E-state index is -0.0913. The molecule has 0 saturated heterocycles. The van der Waals surface area contributed by atoms with Gasteiger partial charge in [-0.1, -0.05) is 13.8 Å². The van der Waals surface area contributed by atoms with Gasteiger partial charge in [-0.2, -0.15) is 0 Å². The third-order valence-corrected chi connectivity index (χ3v) is 2.04. The highest BCUT2D eigenvalue weighted by Gasteiger charge is 2.05. The summed E-state index contributed by atoms with van der Waals surface area (Å²) in [5.41, 5.74) is 1.27. The lowest BCUT2D eigenvalue weighted by atomic mass is 10.1. The summed E-state index contributed by atoms with van der Waals surface area (Å²) >= 11 is 0. The zero-order valence-corrected chi connectivity index (χ0v) is 9.49. The number of benzene rings is 1. The number of anilines is 1. The van der Waals surface area contributed by atoms with Crippen molar-refractivity contribution in [2.75, 3.05) is 11.9 Å². The van der Waals surface area contributed by atoms with Gasteiger partial charge in [0.1, 0.15) is 0 Å². The fraction of sp³-hybridized carbons (Fsp3) is 0.333. The summed E-state index contributed by atoms with van der Waals surface area (Å²) in [6.45, 7) is 4.74. The lowest BCUT2D eigenvalue weighted by Gasteiger charge is -2.07. The van der Waals surface area contributed by atoms with Crippen molar-refractivity contribution >= 4 is 18.0 Å². The van der Waals surface area contributed by atoms with E-state index in [1.165, 1.54) is 0 Å². The van der Waals surface area contributed by atoms with E-state index >= 15 is 0 Å². The second kappa shape index (κ2) is 5.90. The third kappa shape index (κ3) is 3.73. The van der Waals surface area contributed by atoms with Gasteiger partial charge in [0.2, 0.25) is 6.41 Å². The van der Waals surface area contributed by atoms with Crippen molar-refractivity contribution in [1.29, 1.82) is 0 Å². The average Bonchev–Trinajstić information content (AvgIpc) is 2.27. The second-order valence-electron chi connectivity index (χ2n) is 3.94. The first kappa shape index (κ1) is 12.2. The van der Waals surface area contributed by atoms with Crippen LogP contribution in [0, 0.1) is 5.92 Å². The number of rotatable bonds is 5. The Hall–Kier alpha value is -1.84. The van der Waals surface area contributed by atoms with Crippen LogP contribution in [0.2, 0.25) is 0 Å². The van der Waals surface area contributed by atoms with Crippen molar-refractivity contribution in [3.63, 3.8) is 0 Å². The molecule has 0 aromatic heterocycles. The Labute approximate surface area is 95.0 Å². The second-order valence-corrected chi connectivity index (χ2v) is 3.94. The van der Waals surface area contributed by atoms with E-state index < -0.39 is 0 Å². The molecule has 0 aliphatic rings. The molecule has 1 aromatic rings. The van der Waals surface area contributed by atoms with Crippen LogP contribution in [0.4, 0.5) is 5.69 Å². The van der Waals surface area contributed by atoms with E-state index in [0.29, 0.717) is 30.1 Å². The van der Waals surface area contributed by atoms with Gasteiger partial charge in [0, 0.05) is 17.8 Å². The number of amides is 2. The quantitative estimate of drug-likeness (QED) is 0.741. The summed E-state index contributed by atoms with van der Waals surface area (Å²) in [5.74, 6) is 0.339. The first-order valence-electron chi connectivity index (χ1n) is 5.22. The molecule has 4 heteroatoms. The Balaban J connectivity index is 2.59. The van der Waals surface area contributed by atoms with E-state index in [2.05, 4.69) is 10.6 Å². The Morgan fingerprint density at radius 3 is 2.44 bits per heavy atom. The third-order valence-electron chi connectivity index (χ3n) is 2.04. The molecule has 0 radical (unpaired) electrons. The molecule has 0 aliphatic heterocycles. The smallest absolute Gasteiger partial charge is 0.251 e. The molecule has 0 saturated carbocycles. The van der Waals surface area contributed by atoms with Crippen LogP contribution in [0.3, 0.4) is 0 Å². The summed E-state index contributed by atoms with van der Waals surface area (Å²) in [6.07, 6.45) is 0.605. The van der Waals surface area contributed by atoms with Crippen molar-refractivity contribution in [3.8, 4) is 0 Å². The van der Waals surface area contributed by atoms with Crippen molar-refractivity contribution in [2.45, 2.75) is 13.8 Å². The van der Waals surface area contributed by atoms with Crippen LogP contribution < -0.4 is 10.6 Å². The molecule has 0 heterocycles.